The first-order chi connectivity index (χ1) is 11.9. The van der Waals surface area contributed by atoms with Crippen LogP contribution < -0.4 is 0 Å². The molecule has 0 N–H and O–H groups in total. The molecule has 0 aliphatic heterocycles. The van der Waals surface area contributed by atoms with E-state index in [0.29, 0.717) is 37.4 Å². The van der Waals surface area contributed by atoms with E-state index in [9.17, 15) is 9.59 Å². The lowest BCUT2D eigenvalue weighted by molar-refractivity contribution is -0.147. The number of hydrogen-bond acceptors (Lipinski definition) is 7. The number of esters is 2. The Morgan fingerprint density at radius 1 is 1.00 bits per heavy atom. The molecule has 0 aromatic rings. The smallest absolute Gasteiger partial charge is 0.333 e. The van der Waals surface area contributed by atoms with Crippen LogP contribution in [0.3, 0.4) is 0 Å². The van der Waals surface area contributed by atoms with Gasteiger partial charge in [0.05, 0.1) is 33.0 Å². The topological polar surface area (TPSA) is 80.3 Å². The lowest BCUT2D eigenvalue weighted by Gasteiger charge is -2.13. The second-order valence-electron chi connectivity index (χ2n) is 5.49. The summed E-state index contributed by atoms with van der Waals surface area (Å²) in [4.78, 5) is 23.0. The molecule has 25 heavy (non-hydrogen) atoms. The Morgan fingerprint density at radius 3 is 2.32 bits per heavy atom. The predicted octanol–water partition coefficient (Wildman–Crippen LogP) is 2.05. The maximum absolute atomic E-state index is 11.7. The highest BCUT2D eigenvalue weighted by atomic mass is 16.6. The summed E-state index contributed by atoms with van der Waals surface area (Å²) in [6, 6.07) is 0. The Balaban J connectivity index is 3.74. The molecule has 1 atom stereocenters. The van der Waals surface area contributed by atoms with E-state index in [-0.39, 0.29) is 31.9 Å². The van der Waals surface area contributed by atoms with Crippen molar-refractivity contribution in [1.29, 1.82) is 0 Å². The summed E-state index contributed by atoms with van der Waals surface area (Å²) < 4.78 is 25.6. The summed E-state index contributed by atoms with van der Waals surface area (Å²) >= 11 is 0. The minimum Gasteiger partial charge on any atom is -0.460 e. The van der Waals surface area contributed by atoms with Gasteiger partial charge in [-0.25, -0.2) is 9.59 Å². The Morgan fingerprint density at radius 2 is 1.68 bits per heavy atom. The summed E-state index contributed by atoms with van der Waals surface area (Å²) in [5.74, 6) is -0.836. The maximum atomic E-state index is 11.7. The number of rotatable bonds is 14. The van der Waals surface area contributed by atoms with Gasteiger partial charge in [-0.3, -0.25) is 0 Å². The second-order valence-corrected chi connectivity index (χ2v) is 5.49. The van der Waals surface area contributed by atoms with Gasteiger partial charge in [0.25, 0.3) is 0 Å². The quantitative estimate of drug-likeness (QED) is 0.267. The van der Waals surface area contributed by atoms with E-state index < -0.39 is 5.97 Å². The van der Waals surface area contributed by atoms with E-state index in [4.69, 9.17) is 23.7 Å². The minimum atomic E-state index is -0.450. The van der Waals surface area contributed by atoms with Crippen LogP contribution in [0.15, 0.2) is 23.8 Å². The zero-order valence-corrected chi connectivity index (χ0v) is 15.7. The zero-order valence-electron chi connectivity index (χ0n) is 15.7. The third-order valence-corrected chi connectivity index (χ3v) is 2.94. The van der Waals surface area contributed by atoms with Crippen molar-refractivity contribution < 1.29 is 33.3 Å². The average Bonchev–Trinajstić information content (AvgIpc) is 2.57. The summed E-state index contributed by atoms with van der Waals surface area (Å²) in [7, 11) is 1.61. The van der Waals surface area contributed by atoms with Gasteiger partial charge < -0.3 is 23.7 Å². The molecule has 7 heteroatoms. The first-order valence-corrected chi connectivity index (χ1v) is 8.23. The molecule has 0 heterocycles. The number of ether oxygens (including phenoxy) is 5. The molecule has 0 aromatic carbocycles. The SMILES string of the molecule is C=C(C)C(=O)OC(C)COCCOC(=O)C(C)=CCCOCCOC. The average molecular weight is 358 g/mol. The Labute approximate surface area is 149 Å². The third-order valence-electron chi connectivity index (χ3n) is 2.94. The van der Waals surface area contributed by atoms with Gasteiger partial charge >= 0.3 is 11.9 Å². The van der Waals surface area contributed by atoms with E-state index in [1.807, 2.05) is 0 Å². The fourth-order valence-electron chi connectivity index (χ4n) is 1.56. The molecule has 7 nitrogen and oxygen atoms in total. The molecule has 0 aliphatic carbocycles. The van der Waals surface area contributed by atoms with Gasteiger partial charge in [0.1, 0.15) is 12.7 Å². The number of carbonyl (C=O) groups is 2. The molecular weight excluding hydrogens is 328 g/mol. The number of hydrogen-bond donors (Lipinski definition) is 0. The van der Waals surface area contributed by atoms with E-state index in [2.05, 4.69) is 6.58 Å². The van der Waals surface area contributed by atoms with Crippen LogP contribution in [0.4, 0.5) is 0 Å². The highest BCUT2D eigenvalue weighted by molar-refractivity contribution is 5.87. The van der Waals surface area contributed by atoms with Crippen molar-refractivity contribution in [3.63, 3.8) is 0 Å². The van der Waals surface area contributed by atoms with Gasteiger partial charge in [-0.2, -0.15) is 0 Å². The van der Waals surface area contributed by atoms with Crippen LogP contribution in [-0.2, 0) is 33.3 Å². The van der Waals surface area contributed by atoms with Crippen molar-refractivity contribution in [3.05, 3.63) is 23.8 Å². The molecule has 1 unspecified atom stereocenters. The third kappa shape index (κ3) is 13.3. The van der Waals surface area contributed by atoms with E-state index in [1.165, 1.54) is 0 Å². The summed E-state index contributed by atoms with van der Waals surface area (Å²) in [6.07, 6.45) is 2.02. The molecular formula is C18H30O7. The second kappa shape index (κ2) is 14.6. The first kappa shape index (κ1) is 23.3. The molecule has 144 valence electrons. The van der Waals surface area contributed by atoms with Crippen molar-refractivity contribution in [2.75, 3.05) is 46.8 Å². The highest BCUT2D eigenvalue weighted by Crippen LogP contribution is 2.01. The summed E-state index contributed by atoms with van der Waals surface area (Å²) in [5.41, 5.74) is 0.867. The van der Waals surface area contributed by atoms with Crippen molar-refractivity contribution >= 4 is 11.9 Å². The number of carbonyl (C=O) groups excluding carboxylic acids is 2. The molecule has 0 amide bonds. The molecule has 0 fully saturated rings. The van der Waals surface area contributed by atoms with E-state index in [1.54, 1.807) is 34.0 Å². The van der Waals surface area contributed by atoms with Crippen molar-refractivity contribution in [1.82, 2.24) is 0 Å². The van der Waals surface area contributed by atoms with Crippen molar-refractivity contribution in [3.8, 4) is 0 Å². The zero-order chi connectivity index (χ0) is 19.1. The van der Waals surface area contributed by atoms with Crippen LogP contribution >= 0.6 is 0 Å². The van der Waals surface area contributed by atoms with Gasteiger partial charge in [0.15, 0.2) is 0 Å². The minimum absolute atomic E-state index is 0.134. The summed E-state index contributed by atoms with van der Waals surface area (Å²) in [5, 5.41) is 0. The molecule has 0 spiro atoms. The van der Waals surface area contributed by atoms with Gasteiger partial charge in [-0.15, -0.1) is 0 Å². The van der Waals surface area contributed by atoms with Crippen LogP contribution in [0.2, 0.25) is 0 Å². The Kier molecular flexibility index (Phi) is 13.6. The molecule has 0 aliphatic rings. The molecule has 0 rings (SSSR count). The first-order valence-electron chi connectivity index (χ1n) is 8.23. The standard InChI is InChI=1S/C18H30O7/c1-14(2)17(19)25-16(4)13-23-11-12-24-18(20)15(3)7-6-8-22-10-9-21-5/h7,16H,1,6,8-13H2,2-5H3. The Bertz CT molecular complexity index is 443. The predicted molar refractivity (Wildman–Crippen MR) is 93.2 cm³/mol. The van der Waals surface area contributed by atoms with Gasteiger partial charge in [-0.1, -0.05) is 12.7 Å². The van der Waals surface area contributed by atoms with E-state index in [0.717, 1.165) is 0 Å². The van der Waals surface area contributed by atoms with Gasteiger partial charge in [-0.05, 0) is 27.2 Å². The molecule has 0 radical (unpaired) electrons. The molecule has 0 saturated carbocycles. The highest BCUT2D eigenvalue weighted by Gasteiger charge is 2.10. The van der Waals surface area contributed by atoms with Gasteiger partial charge in [0, 0.05) is 18.3 Å². The van der Waals surface area contributed by atoms with Crippen LogP contribution in [0, 0.1) is 0 Å². The fourth-order valence-corrected chi connectivity index (χ4v) is 1.56. The molecule has 0 saturated heterocycles. The molecule has 0 bridgehead atoms. The van der Waals surface area contributed by atoms with E-state index >= 15 is 0 Å². The molecule has 0 aromatic heterocycles. The summed E-state index contributed by atoms with van der Waals surface area (Å²) in [6.45, 7) is 10.7. The lowest BCUT2D eigenvalue weighted by Crippen LogP contribution is -2.22. The lowest BCUT2D eigenvalue weighted by atomic mass is 10.2. The van der Waals surface area contributed by atoms with Gasteiger partial charge in [0.2, 0.25) is 0 Å². The van der Waals surface area contributed by atoms with Crippen LogP contribution in [0.25, 0.3) is 0 Å². The normalized spacial score (nSPS) is 12.6. The monoisotopic (exact) mass is 358 g/mol. The fraction of sp³-hybridized carbons (Fsp3) is 0.667. The maximum Gasteiger partial charge on any atom is 0.333 e. The van der Waals surface area contributed by atoms with Crippen molar-refractivity contribution in [2.24, 2.45) is 0 Å². The number of methoxy groups -OCH3 is 1. The van der Waals surface area contributed by atoms with Crippen LogP contribution in [-0.4, -0.2) is 64.8 Å². The van der Waals surface area contributed by atoms with Crippen molar-refractivity contribution in [2.45, 2.75) is 33.3 Å². The van der Waals surface area contributed by atoms with Crippen LogP contribution in [0.5, 0.6) is 0 Å². The Hall–Kier alpha value is -1.70. The largest absolute Gasteiger partial charge is 0.460 e. The van der Waals surface area contributed by atoms with Crippen LogP contribution in [0.1, 0.15) is 27.2 Å².